The molecule has 3 heterocycles. The van der Waals surface area contributed by atoms with E-state index in [-0.39, 0.29) is 5.60 Å². The highest BCUT2D eigenvalue weighted by atomic mass is 35.5. The number of anilines is 1. The molecule has 0 radical (unpaired) electrons. The number of hydrogen-bond acceptors (Lipinski definition) is 5. The maximum absolute atomic E-state index is 9.47. The van der Waals surface area contributed by atoms with Gasteiger partial charge in [-0.05, 0) is 24.3 Å². The number of nitrogens with zero attached hydrogens (tertiary/aromatic N) is 3. The summed E-state index contributed by atoms with van der Waals surface area (Å²) >= 11 is 6.04. The van der Waals surface area contributed by atoms with Gasteiger partial charge in [0.2, 0.25) is 0 Å². The highest BCUT2D eigenvalue weighted by Crippen LogP contribution is 2.31. The Hall–Kier alpha value is -1.87. The summed E-state index contributed by atoms with van der Waals surface area (Å²) in [7, 11) is 0. The average Bonchev–Trinajstić information content (AvgIpc) is 3.01. The largest absolute Gasteiger partial charge is 0.378 e. The Morgan fingerprint density at radius 1 is 1.30 bits per heavy atom. The van der Waals surface area contributed by atoms with Crippen LogP contribution in [-0.4, -0.2) is 43.5 Å². The minimum atomic E-state index is -0.234. The molecule has 118 valence electrons. The zero-order valence-corrected chi connectivity index (χ0v) is 13.3. The number of nitriles is 1. The molecule has 5 nitrogen and oxygen atoms in total. The molecule has 2 aromatic rings. The third-order valence-electron chi connectivity index (χ3n) is 4.52. The van der Waals surface area contributed by atoms with E-state index in [1.54, 1.807) is 12.1 Å². The van der Waals surface area contributed by atoms with E-state index in [2.05, 4.69) is 11.0 Å². The number of pyridine rings is 1. The second-order valence-corrected chi connectivity index (χ2v) is 6.49. The predicted octanol–water partition coefficient (Wildman–Crippen LogP) is 2.76. The van der Waals surface area contributed by atoms with Gasteiger partial charge < -0.3 is 14.4 Å². The van der Waals surface area contributed by atoms with Crippen LogP contribution in [0.3, 0.4) is 0 Å². The fourth-order valence-electron chi connectivity index (χ4n) is 3.31. The smallest absolute Gasteiger partial charge is 0.130 e. The Labute approximate surface area is 139 Å². The molecular weight excluding hydrogens is 314 g/mol. The first kappa shape index (κ1) is 14.7. The highest BCUT2D eigenvalue weighted by molar-refractivity contribution is 6.31. The van der Waals surface area contributed by atoms with Gasteiger partial charge in [-0.25, -0.2) is 4.98 Å². The molecule has 23 heavy (non-hydrogen) atoms. The fourth-order valence-corrected chi connectivity index (χ4v) is 3.48. The van der Waals surface area contributed by atoms with Crippen molar-refractivity contribution in [3.05, 3.63) is 34.9 Å². The maximum Gasteiger partial charge on any atom is 0.130 e. The number of aromatic nitrogens is 1. The molecule has 0 N–H and O–H groups in total. The van der Waals surface area contributed by atoms with Crippen LogP contribution in [0.15, 0.2) is 24.3 Å². The zero-order chi connectivity index (χ0) is 15.9. The Bertz CT molecular complexity index is 796. The minimum Gasteiger partial charge on any atom is -0.378 e. The molecule has 2 aliphatic heterocycles. The summed E-state index contributed by atoms with van der Waals surface area (Å²) in [4.78, 5) is 6.91. The quantitative estimate of drug-likeness (QED) is 0.805. The number of morpholine rings is 1. The molecule has 0 aliphatic carbocycles. The monoisotopic (exact) mass is 329 g/mol. The minimum absolute atomic E-state index is 0.234. The number of halogens is 1. The van der Waals surface area contributed by atoms with Crippen LogP contribution in [0.1, 0.15) is 12.0 Å². The summed E-state index contributed by atoms with van der Waals surface area (Å²) in [6.07, 6.45) is 0.901. The second kappa shape index (κ2) is 5.64. The molecule has 2 saturated heterocycles. The lowest BCUT2D eigenvalue weighted by Crippen LogP contribution is -2.52. The van der Waals surface area contributed by atoms with Gasteiger partial charge in [0.15, 0.2) is 0 Å². The van der Waals surface area contributed by atoms with Crippen molar-refractivity contribution in [2.24, 2.45) is 0 Å². The highest BCUT2D eigenvalue weighted by Gasteiger charge is 2.40. The van der Waals surface area contributed by atoms with Crippen molar-refractivity contribution in [3.63, 3.8) is 0 Å². The van der Waals surface area contributed by atoms with Crippen molar-refractivity contribution in [1.29, 1.82) is 5.26 Å². The number of benzene rings is 1. The van der Waals surface area contributed by atoms with E-state index in [0.717, 1.165) is 42.8 Å². The molecule has 0 bridgehead atoms. The van der Waals surface area contributed by atoms with Crippen LogP contribution < -0.4 is 4.90 Å². The Morgan fingerprint density at radius 2 is 2.22 bits per heavy atom. The summed E-state index contributed by atoms with van der Waals surface area (Å²) in [6.45, 7) is 3.51. The molecular formula is C17H16ClN3O2. The summed E-state index contributed by atoms with van der Waals surface area (Å²) in [5.41, 5.74) is 1.14. The maximum atomic E-state index is 9.47. The topological polar surface area (TPSA) is 58.4 Å². The molecule has 1 atom stereocenters. The molecule has 2 fully saturated rings. The third-order valence-corrected chi connectivity index (χ3v) is 4.75. The molecule has 0 saturated carbocycles. The number of ether oxygens (including phenoxy) is 2. The zero-order valence-electron chi connectivity index (χ0n) is 12.6. The number of hydrogen-bond donors (Lipinski definition) is 0. The van der Waals surface area contributed by atoms with Crippen molar-refractivity contribution in [2.45, 2.75) is 12.0 Å². The van der Waals surface area contributed by atoms with Crippen molar-refractivity contribution in [1.82, 2.24) is 4.98 Å². The van der Waals surface area contributed by atoms with Crippen LogP contribution in [0, 0.1) is 11.3 Å². The van der Waals surface area contributed by atoms with Gasteiger partial charge in [0.25, 0.3) is 0 Å². The van der Waals surface area contributed by atoms with Gasteiger partial charge in [-0.15, -0.1) is 0 Å². The normalized spacial score (nSPS) is 24.3. The van der Waals surface area contributed by atoms with E-state index in [9.17, 15) is 5.26 Å². The van der Waals surface area contributed by atoms with Crippen molar-refractivity contribution in [2.75, 3.05) is 37.8 Å². The van der Waals surface area contributed by atoms with E-state index in [0.29, 0.717) is 23.8 Å². The van der Waals surface area contributed by atoms with Crippen molar-refractivity contribution >= 4 is 28.3 Å². The van der Waals surface area contributed by atoms with E-state index in [1.807, 2.05) is 12.1 Å². The Balaban J connectivity index is 1.74. The molecule has 6 heteroatoms. The van der Waals surface area contributed by atoms with Crippen LogP contribution in [-0.2, 0) is 9.47 Å². The molecule has 0 amide bonds. The van der Waals surface area contributed by atoms with Gasteiger partial charge in [0, 0.05) is 30.0 Å². The van der Waals surface area contributed by atoms with Crippen LogP contribution in [0.4, 0.5) is 5.82 Å². The van der Waals surface area contributed by atoms with Gasteiger partial charge in [0.1, 0.15) is 11.4 Å². The van der Waals surface area contributed by atoms with Crippen LogP contribution in [0.2, 0.25) is 5.02 Å². The number of fused-ring (bicyclic) bond motifs is 1. The molecule has 4 rings (SSSR count). The van der Waals surface area contributed by atoms with Gasteiger partial charge in [-0.3, -0.25) is 0 Å². The molecule has 1 unspecified atom stereocenters. The Morgan fingerprint density at radius 3 is 3.00 bits per heavy atom. The lowest BCUT2D eigenvalue weighted by molar-refractivity contribution is -0.0581. The van der Waals surface area contributed by atoms with Gasteiger partial charge in [-0.2, -0.15) is 5.26 Å². The van der Waals surface area contributed by atoms with Crippen LogP contribution in [0.5, 0.6) is 0 Å². The fraction of sp³-hybridized carbons (Fsp3) is 0.412. The van der Waals surface area contributed by atoms with Gasteiger partial charge in [0.05, 0.1) is 36.9 Å². The predicted molar refractivity (Wildman–Crippen MR) is 87.8 cm³/mol. The van der Waals surface area contributed by atoms with Crippen molar-refractivity contribution in [3.8, 4) is 6.07 Å². The molecule has 1 aromatic carbocycles. The second-order valence-electron chi connectivity index (χ2n) is 6.06. The SMILES string of the molecule is N#Cc1cc(N2CCOC3(CCOC3)C2)nc2ccc(Cl)cc12. The van der Waals surface area contributed by atoms with E-state index in [4.69, 9.17) is 26.1 Å². The number of rotatable bonds is 1. The van der Waals surface area contributed by atoms with Gasteiger partial charge >= 0.3 is 0 Å². The third kappa shape index (κ3) is 2.63. The van der Waals surface area contributed by atoms with Crippen LogP contribution >= 0.6 is 11.6 Å². The van der Waals surface area contributed by atoms with E-state index >= 15 is 0 Å². The lowest BCUT2D eigenvalue weighted by Gasteiger charge is -2.40. The standard InChI is InChI=1S/C17H16ClN3O2/c18-13-1-2-15-14(8-13)12(9-19)7-16(20-15)21-4-6-23-17(10-21)3-5-22-11-17/h1-2,7-8H,3-6,10-11H2. The van der Waals surface area contributed by atoms with Crippen LogP contribution in [0.25, 0.3) is 10.9 Å². The first-order chi connectivity index (χ1) is 11.2. The Kier molecular flexibility index (Phi) is 3.61. The summed E-state index contributed by atoms with van der Waals surface area (Å²) in [5.74, 6) is 0.811. The van der Waals surface area contributed by atoms with Crippen molar-refractivity contribution < 1.29 is 9.47 Å². The average molecular weight is 330 g/mol. The lowest BCUT2D eigenvalue weighted by atomic mass is 10.0. The van der Waals surface area contributed by atoms with Gasteiger partial charge in [-0.1, -0.05) is 11.6 Å². The first-order valence-electron chi connectivity index (χ1n) is 7.66. The first-order valence-corrected chi connectivity index (χ1v) is 8.04. The molecule has 1 aromatic heterocycles. The summed E-state index contributed by atoms with van der Waals surface area (Å²) in [6, 6.07) is 9.54. The molecule has 1 spiro atoms. The summed E-state index contributed by atoms with van der Waals surface area (Å²) < 4.78 is 11.5. The van der Waals surface area contributed by atoms with E-state index in [1.165, 1.54) is 0 Å². The summed E-state index contributed by atoms with van der Waals surface area (Å²) in [5, 5.41) is 10.9. The molecule has 2 aliphatic rings. The van der Waals surface area contributed by atoms with E-state index < -0.39 is 0 Å².